The van der Waals surface area contributed by atoms with Gasteiger partial charge in [-0.2, -0.15) is 5.10 Å². The molecule has 3 aromatic rings. The highest BCUT2D eigenvalue weighted by Crippen LogP contribution is 2.21. The van der Waals surface area contributed by atoms with Crippen LogP contribution in [-0.4, -0.2) is 26.9 Å². The first-order valence-electron chi connectivity index (χ1n) is 7.97. The van der Waals surface area contributed by atoms with Crippen LogP contribution in [0.4, 0.5) is 10.5 Å². The van der Waals surface area contributed by atoms with E-state index in [9.17, 15) is 4.79 Å². The molecule has 0 spiro atoms. The number of nitrogens with one attached hydrogen (secondary N) is 2. The van der Waals surface area contributed by atoms with Gasteiger partial charge in [-0.25, -0.2) is 4.79 Å². The van der Waals surface area contributed by atoms with Gasteiger partial charge in [0, 0.05) is 23.3 Å². The number of fused-ring (bicyclic) bond motifs is 1. The van der Waals surface area contributed by atoms with Crippen LogP contribution in [0.25, 0.3) is 23.1 Å². The average molecular weight is 336 g/mol. The summed E-state index contributed by atoms with van der Waals surface area (Å²) >= 11 is 0. The predicted molar refractivity (Wildman–Crippen MR) is 99.1 cm³/mol. The quantitative estimate of drug-likeness (QED) is 0.739. The van der Waals surface area contributed by atoms with Crippen molar-refractivity contribution in [2.45, 2.75) is 26.4 Å². The Morgan fingerprint density at radius 3 is 2.80 bits per heavy atom. The first kappa shape index (κ1) is 16.7. The molecule has 6 heteroatoms. The third kappa shape index (κ3) is 4.23. The van der Waals surface area contributed by atoms with Gasteiger partial charge in [0.25, 0.3) is 0 Å². The molecular formula is C19H20N4O2. The number of ether oxygens (including phenoxy) is 1. The number of hydrogen-bond donors (Lipinski definition) is 2. The van der Waals surface area contributed by atoms with E-state index in [1.165, 1.54) is 0 Å². The van der Waals surface area contributed by atoms with Gasteiger partial charge in [-0.1, -0.05) is 18.2 Å². The first-order valence-corrected chi connectivity index (χ1v) is 7.97. The molecule has 1 aromatic carbocycles. The number of nitrogens with zero attached hydrogens (tertiary/aromatic N) is 2. The topological polar surface area (TPSA) is 79.9 Å². The molecule has 2 heterocycles. The van der Waals surface area contributed by atoms with Crippen LogP contribution in [0.1, 0.15) is 32.0 Å². The van der Waals surface area contributed by atoms with Crippen molar-refractivity contribution in [3.63, 3.8) is 0 Å². The normalized spacial score (nSPS) is 11.8. The molecule has 0 aliphatic heterocycles. The second-order valence-electron chi connectivity index (χ2n) is 6.58. The smallest absolute Gasteiger partial charge is 0.412 e. The lowest BCUT2D eigenvalue weighted by atomic mass is 10.1. The molecule has 0 unspecified atom stereocenters. The van der Waals surface area contributed by atoms with E-state index in [4.69, 9.17) is 4.74 Å². The second kappa shape index (κ2) is 6.76. The van der Waals surface area contributed by atoms with Gasteiger partial charge >= 0.3 is 6.09 Å². The molecule has 6 nitrogen and oxygen atoms in total. The number of carbonyl (C=O) groups excluding carboxylic acids is 1. The number of aromatic amines is 1. The van der Waals surface area contributed by atoms with Crippen molar-refractivity contribution in [2.75, 3.05) is 5.32 Å². The Kier molecular flexibility index (Phi) is 4.52. The van der Waals surface area contributed by atoms with Crippen molar-refractivity contribution in [3.05, 3.63) is 54.0 Å². The molecule has 0 fully saturated rings. The molecular weight excluding hydrogens is 316 g/mol. The van der Waals surface area contributed by atoms with Crippen molar-refractivity contribution in [1.82, 2.24) is 15.2 Å². The summed E-state index contributed by atoms with van der Waals surface area (Å²) in [5.41, 5.74) is 2.63. The van der Waals surface area contributed by atoms with E-state index < -0.39 is 11.7 Å². The zero-order chi connectivity index (χ0) is 17.9. The lowest BCUT2D eigenvalue weighted by Gasteiger charge is -2.20. The van der Waals surface area contributed by atoms with E-state index in [1.54, 1.807) is 18.5 Å². The third-order valence-corrected chi connectivity index (χ3v) is 3.41. The van der Waals surface area contributed by atoms with Crippen LogP contribution in [0.5, 0.6) is 0 Å². The Bertz CT molecular complexity index is 922. The lowest BCUT2D eigenvalue weighted by Crippen LogP contribution is -2.27. The average Bonchev–Trinajstić information content (AvgIpc) is 2.95. The maximum atomic E-state index is 12.0. The highest BCUT2D eigenvalue weighted by molar-refractivity contribution is 5.92. The lowest BCUT2D eigenvalue weighted by molar-refractivity contribution is 0.0636. The van der Waals surface area contributed by atoms with E-state index >= 15 is 0 Å². The van der Waals surface area contributed by atoms with Gasteiger partial charge in [-0.3, -0.25) is 15.4 Å². The number of benzene rings is 1. The number of anilines is 1. The monoisotopic (exact) mass is 336 g/mol. The summed E-state index contributed by atoms with van der Waals surface area (Å²) in [6, 6.07) is 9.62. The molecule has 0 saturated heterocycles. The highest BCUT2D eigenvalue weighted by Gasteiger charge is 2.16. The maximum absolute atomic E-state index is 12.0. The fourth-order valence-electron chi connectivity index (χ4n) is 2.35. The van der Waals surface area contributed by atoms with E-state index in [0.29, 0.717) is 5.69 Å². The van der Waals surface area contributed by atoms with E-state index in [-0.39, 0.29) is 0 Å². The minimum Gasteiger partial charge on any atom is -0.444 e. The molecule has 0 atom stereocenters. The molecule has 1 amide bonds. The number of carbonyl (C=O) groups is 1. The zero-order valence-corrected chi connectivity index (χ0v) is 14.4. The van der Waals surface area contributed by atoms with Gasteiger partial charge in [0.05, 0.1) is 16.9 Å². The fourth-order valence-corrected chi connectivity index (χ4v) is 2.35. The summed E-state index contributed by atoms with van der Waals surface area (Å²) < 4.78 is 5.29. The molecule has 128 valence electrons. The van der Waals surface area contributed by atoms with Gasteiger partial charge in [-0.15, -0.1) is 0 Å². The van der Waals surface area contributed by atoms with E-state index in [0.717, 1.165) is 22.2 Å². The van der Waals surface area contributed by atoms with E-state index in [1.807, 2.05) is 57.2 Å². The number of H-pyrrole nitrogens is 1. The fraction of sp³-hybridized carbons (Fsp3) is 0.211. The van der Waals surface area contributed by atoms with Crippen LogP contribution in [0.15, 0.2) is 42.7 Å². The number of para-hydroxylation sites is 1. The summed E-state index contributed by atoms with van der Waals surface area (Å²) in [4.78, 5) is 16.1. The van der Waals surface area contributed by atoms with Gasteiger partial charge < -0.3 is 4.74 Å². The molecule has 2 aromatic heterocycles. The van der Waals surface area contributed by atoms with Crippen LogP contribution in [0.3, 0.4) is 0 Å². The van der Waals surface area contributed by atoms with Crippen molar-refractivity contribution >= 4 is 34.8 Å². The minimum atomic E-state index is -0.554. The van der Waals surface area contributed by atoms with Gasteiger partial charge in [0.2, 0.25) is 0 Å². The van der Waals surface area contributed by atoms with Crippen LogP contribution in [-0.2, 0) is 4.74 Å². The number of pyridine rings is 1. The van der Waals surface area contributed by atoms with E-state index in [2.05, 4.69) is 20.5 Å². The molecule has 25 heavy (non-hydrogen) atoms. The Hall–Kier alpha value is -3.15. The molecule has 0 saturated carbocycles. The van der Waals surface area contributed by atoms with Gasteiger partial charge in [-0.05, 0) is 45.1 Å². The Morgan fingerprint density at radius 1 is 1.20 bits per heavy atom. The first-order chi connectivity index (χ1) is 11.9. The number of hydrogen-bond acceptors (Lipinski definition) is 4. The summed E-state index contributed by atoms with van der Waals surface area (Å²) in [5.74, 6) is 0. The molecule has 0 aliphatic carbocycles. The molecule has 0 bridgehead atoms. The second-order valence-corrected chi connectivity index (χ2v) is 6.58. The molecule has 0 radical (unpaired) electrons. The van der Waals surface area contributed by atoms with Crippen LogP contribution < -0.4 is 5.32 Å². The highest BCUT2D eigenvalue weighted by atomic mass is 16.6. The molecule has 0 aliphatic rings. The molecule has 3 rings (SSSR count). The van der Waals surface area contributed by atoms with Crippen LogP contribution in [0, 0.1) is 0 Å². The summed E-state index contributed by atoms with van der Waals surface area (Å²) in [5, 5.41) is 11.1. The number of amides is 1. The third-order valence-electron chi connectivity index (χ3n) is 3.41. The van der Waals surface area contributed by atoms with Gasteiger partial charge in [0.15, 0.2) is 0 Å². The van der Waals surface area contributed by atoms with Gasteiger partial charge in [0.1, 0.15) is 5.60 Å². The van der Waals surface area contributed by atoms with Crippen molar-refractivity contribution < 1.29 is 9.53 Å². The van der Waals surface area contributed by atoms with Crippen molar-refractivity contribution in [3.8, 4) is 0 Å². The number of aromatic nitrogens is 3. The summed E-state index contributed by atoms with van der Waals surface area (Å²) in [6.45, 7) is 5.47. The summed E-state index contributed by atoms with van der Waals surface area (Å²) in [6.07, 6.45) is 6.54. The van der Waals surface area contributed by atoms with Crippen molar-refractivity contribution in [2.24, 2.45) is 0 Å². The number of rotatable bonds is 3. The summed E-state index contributed by atoms with van der Waals surface area (Å²) in [7, 11) is 0. The largest absolute Gasteiger partial charge is 0.444 e. The maximum Gasteiger partial charge on any atom is 0.412 e. The zero-order valence-electron chi connectivity index (χ0n) is 14.4. The molecule has 2 N–H and O–H groups in total. The van der Waals surface area contributed by atoms with Crippen LogP contribution >= 0.6 is 0 Å². The van der Waals surface area contributed by atoms with Crippen LogP contribution in [0.2, 0.25) is 0 Å². The Labute approximate surface area is 145 Å². The standard InChI is InChI=1S/C19H20N4O2/c1-19(2,3)25-18(24)21-15-10-11-20-12-13(15)8-9-17-14-6-4-5-7-16(14)22-23-17/h4-12H,1-3H3,(H,22,23)(H,20,21,24)/b9-8+. The Morgan fingerprint density at radius 2 is 2.00 bits per heavy atom. The Balaban J connectivity index is 1.82. The van der Waals surface area contributed by atoms with Crippen molar-refractivity contribution in [1.29, 1.82) is 0 Å². The predicted octanol–water partition coefficient (Wildman–Crippen LogP) is 4.48. The SMILES string of the molecule is CC(C)(C)OC(=O)Nc1ccncc1/C=C/c1n[nH]c2ccccc12. The minimum absolute atomic E-state index is 0.501.